The zero-order chi connectivity index (χ0) is 17.5. The molecule has 0 unspecified atom stereocenters. The Bertz CT molecular complexity index is 777. The monoisotopic (exact) mass is 344 g/mol. The summed E-state index contributed by atoms with van der Waals surface area (Å²) in [5, 5.41) is 4.95. The molecule has 0 heterocycles. The average molecular weight is 344 g/mol. The van der Waals surface area contributed by atoms with Crippen LogP contribution in [-0.2, 0) is 0 Å². The Balaban J connectivity index is 2.64. The molecule has 11 heteroatoms. The summed E-state index contributed by atoms with van der Waals surface area (Å²) in [5.74, 6) is -20.1. The number of hydrogen-bond donors (Lipinski definition) is 0. The van der Waals surface area contributed by atoms with Gasteiger partial charge in [-0.3, -0.25) is 0 Å². The molecule has 0 spiro atoms. The van der Waals surface area contributed by atoms with Crippen LogP contribution in [0.3, 0.4) is 0 Å². The molecule has 2 aromatic rings. The summed E-state index contributed by atoms with van der Waals surface area (Å²) in [6.07, 6.45) is 0. The third kappa shape index (κ3) is 2.73. The number of azo groups is 1. The van der Waals surface area contributed by atoms with E-state index in [0.29, 0.717) is 0 Å². The first kappa shape index (κ1) is 16.8. The maximum atomic E-state index is 13.3. The molecule has 0 aliphatic rings. The zero-order valence-corrected chi connectivity index (χ0v) is 10.4. The number of hydrogen-bond acceptors (Lipinski definition) is 2. The van der Waals surface area contributed by atoms with Gasteiger partial charge in [0.1, 0.15) is 0 Å². The molecule has 122 valence electrons. The van der Waals surface area contributed by atoms with Crippen LogP contribution in [0.15, 0.2) is 16.3 Å². The fourth-order valence-corrected chi connectivity index (χ4v) is 1.43. The molecule has 2 aromatic carbocycles. The second-order valence-corrected chi connectivity index (χ2v) is 3.94. The molecule has 0 aliphatic heterocycles. The van der Waals surface area contributed by atoms with Crippen LogP contribution < -0.4 is 0 Å². The normalized spacial score (nSPS) is 11.5. The number of nitrogens with zero attached hydrogens (tertiary/aromatic N) is 2. The first-order chi connectivity index (χ1) is 10.7. The Kier molecular flexibility index (Phi) is 4.30. The van der Waals surface area contributed by atoms with Crippen molar-refractivity contribution in [3.63, 3.8) is 0 Å². The highest BCUT2D eigenvalue weighted by molar-refractivity contribution is 5.45. The summed E-state index contributed by atoms with van der Waals surface area (Å²) in [7, 11) is 0. The van der Waals surface area contributed by atoms with Crippen molar-refractivity contribution in [3.8, 4) is 0 Å². The Hall–Kier alpha value is -2.59. The van der Waals surface area contributed by atoms with Gasteiger partial charge in [-0.25, -0.2) is 39.5 Å². The minimum Gasteiger partial charge on any atom is -0.204 e. The number of halogens is 9. The van der Waals surface area contributed by atoms with E-state index in [2.05, 4.69) is 10.2 Å². The van der Waals surface area contributed by atoms with Gasteiger partial charge in [0.15, 0.2) is 57.9 Å². The van der Waals surface area contributed by atoms with E-state index < -0.39 is 63.7 Å². The van der Waals surface area contributed by atoms with E-state index in [0.717, 1.165) is 0 Å². The van der Waals surface area contributed by atoms with Crippen molar-refractivity contribution in [3.05, 3.63) is 58.4 Å². The third-order valence-electron chi connectivity index (χ3n) is 2.53. The molecule has 0 aromatic heterocycles. The van der Waals surface area contributed by atoms with Gasteiger partial charge in [0, 0.05) is 6.07 Å². The van der Waals surface area contributed by atoms with Gasteiger partial charge in [0.25, 0.3) is 0 Å². The Morgan fingerprint density at radius 3 is 1.13 bits per heavy atom. The smallest absolute Gasteiger partial charge is 0.200 e. The lowest BCUT2D eigenvalue weighted by molar-refractivity contribution is 0.380. The van der Waals surface area contributed by atoms with Gasteiger partial charge in [-0.1, -0.05) is 0 Å². The molecule has 0 saturated heterocycles. The van der Waals surface area contributed by atoms with Crippen molar-refractivity contribution in [2.75, 3.05) is 0 Å². The van der Waals surface area contributed by atoms with Crippen molar-refractivity contribution < 1.29 is 39.5 Å². The van der Waals surface area contributed by atoms with Gasteiger partial charge in [0.2, 0.25) is 5.82 Å². The lowest BCUT2D eigenvalue weighted by atomic mass is 10.2. The van der Waals surface area contributed by atoms with E-state index in [1.54, 1.807) is 0 Å². The minimum absolute atomic E-state index is 0.178. The largest absolute Gasteiger partial charge is 0.204 e. The van der Waals surface area contributed by atoms with Crippen LogP contribution in [0.25, 0.3) is 0 Å². The Labute approximate surface area is 120 Å². The van der Waals surface area contributed by atoms with Crippen LogP contribution in [0.5, 0.6) is 0 Å². The molecule has 2 rings (SSSR count). The number of benzene rings is 2. The predicted molar refractivity (Wildman–Crippen MR) is 56.7 cm³/mol. The SMILES string of the molecule is Fc1cc(F)c(F)c(N=Nc2c(F)c(F)c(F)c(F)c2F)c1F. The fourth-order valence-electron chi connectivity index (χ4n) is 1.43. The molecule has 0 saturated carbocycles. The molecular formula is C12HF9N2. The molecule has 2 nitrogen and oxygen atoms in total. The lowest BCUT2D eigenvalue weighted by Crippen LogP contribution is -2.00. The molecule has 0 aliphatic carbocycles. The van der Waals surface area contributed by atoms with E-state index in [1.165, 1.54) is 0 Å². The van der Waals surface area contributed by atoms with Gasteiger partial charge in [-0.15, -0.1) is 10.2 Å². The van der Waals surface area contributed by atoms with Crippen molar-refractivity contribution in [1.82, 2.24) is 0 Å². The van der Waals surface area contributed by atoms with Gasteiger partial charge in [0.05, 0.1) is 0 Å². The maximum absolute atomic E-state index is 13.3. The van der Waals surface area contributed by atoms with Crippen molar-refractivity contribution in [1.29, 1.82) is 0 Å². The minimum atomic E-state index is -2.49. The van der Waals surface area contributed by atoms with E-state index in [1.807, 2.05) is 0 Å². The van der Waals surface area contributed by atoms with E-state index in [-0.39, 0.29) is 6.07 Å². The second-order valence-electron chi connectivity index (χ2n) is 3.94. The highest BCUT2D eigenvalue weighted by Gasteiger charge is 2.26. The zero-order valence-electron chi connectivity index (χ0n) is 10.4. The standard InChI is InChI=1S/C12HF9N2/c13-2-1-3(14)5(16)11(4(2)15)22-23-12-9(20)7(18)6(17)8(19)10(12)21/h1H. The van der Waals surface area contributed by atoms with Gasteiger partial charge >= 0.3 is 0 Å². The highest BCUT2D eigenvalue weighted by atomic mass is 19.2. The van der Waals surface area contributed by atoms with Crippen LogP contribution >= 0.6 is 0 Å². The molecule has 0 amide bonds. The molecule has 0 fully saturated rings. The van der Waals surface area contributed by atoms with Crippen molar-refractivity contribution in [2.45, 2.75) is 0 Å². The molecule has 0 atom stereocenters. The highest BCUT2D eigenvalue weighted by Crippen LogP contribution is 2.33. The lowest BCUT2D eigenvalue weighted by Gasteiger charge is -2.04. The molecule has 0 N–H and O–H groups in total. The van der Waals surface area contributed by atoms with E-state index in [9.17, 15) is 39.5 Å². The number of rotatable bonds is 2. The maximum Gasteiger partial charge on any atom is 0.200 e. The van der Waals surface area contributed by atoms with Crippen LogP contribution in [-0.4, -0.2) is 0 Å². The van der Waals surface area contributed by atoms with E-state index >= 15 is 0 Å². The van der Waals surface area contributed by atoms with Gasteiger partial charge in [-0.05, 0) is 0 Å². The van der Waals surface area contributed by atoms with Crippen molar-refractivity contribution in [2.24, 2.45) is 10.2 Å². The topological polar surface area (TPSA) is 24.7 Å². The quantitative estimate of drug-likeness (QED) is 0.304. The Morgan fingerprint density at radius 1 is 0.435 bits per heavy atom. The third-order valence-corrected chi connectivity index (χ3v) is 2.53. The molecule has 0 radical (unpaired) electrons. The summed E-state index contributed by atoms with van der Waals surface area (Å²) in [6.45, 7) is 0. The van der Waals surface area contributed by atoms with Crippen LogP contribution in [0.2, 0.25) is 0 Å². The van der Waals surface area contributed by atoms with E-state index in [4.69, 9.17) is 0 Å². The summed E-state index contributed by atoms with van der Waals surface area (Å²) < 4.78 is 117. The van der Waals surface area contributed by atoms with Crippen LogP contribution in [0.4, 0.5) is 50.9 Å². The molecule has 0 bridgehead atoms. The predicted octanol–water partition coefficient (Wildman–Crippen LogP) is 5.35. The summed E-state index contributed by atoms with van der Waals surface area (Å²) in [5.41, 5.74) is -3.63. The fraction of sp³-hybridized carbons (Fsp3) is 0. The summed E-state index contributed by atoms with van der Waals surface area (Å²) in [4.78, 5) is 0. The van der Waals surface area contributed by atoms with Crippen molar-refractivity contribution >= 4 is 11.4 Å². The van der Waals surface area contributed by atoms with Crippen LogP contribution in [0, 0.1) is 52.4 Å². The first-order valence-corrected chi connectivity index (χ1v) is 5.43. The first-order valence-electron chi connectivity index (χ1n) is 5.43. The van der Waals surface area contributed by atoms with Crippen LogP contribution in [0.1, 0.15) is 0 Å². The van der Waals surface area contributed by atoms with Gasteiger partial charge < -0.3 is 0 Å². The molecule has 23 heavy (non-hydrogen) atoms. The van der Waals surface area contributed by atoms with Gasteiger partial charge in [-0.2, -0.15) is 0 Å². The molecular weight excluding hydrogens is 343 g/mol. The Morgan fingerprint density at radius 2 is 0.739 bits per heavy atom. The second kappa shape index (κ2) is 5.89. The average Bonchev–Trinajstić information content (AvgIpc) is 2.52. The summed E-state index contributed by atoms with van der Waals surface area (Å²) in [6, 6.07) is -0.178. The summed E-state index contributed by atoms with van der Waals surface area (Å²) >= 11 is 0.